The zero-order valence-electron chi connectivity index (χ0n) is 14.2. The van der Waals surface area contributed by atoms with E-state index in [1.54, 1.807) is 6.92 Å². The Balaban J connectivity index is 3.30. The van der Waals surface area contributed by atoms with Crippen LogP contribution in [-0.2, 0) is 19.6 Å². The van der Waals surface area contributed by atoms with E-state index in [1.165, 1.54) is 26.4 Å². The third-order valence-corrected chi connectivity index (χ3v) is 5.94. The Labute approximate surface area is 151 Å². The fraction of sp³-hybridized carbons (Fsp3) is 0.533. The van der Waals surface area contributed by atoms with Crippen LogP contribution in [-0.4, -0.2) is 52.6 Å². The number of halogens is 1. The predicted molar refractivity (Wildman–Crippen MR) is 92.9 cm³/mol. The highest BCUT2D eigenvalue weighted by atomic mass is 79.9. The topological polar surface area (TPSA) is 82.1 Å². The highest BCUT2D eigenvalue weighted by Crippen LogP contribution is 2.36. The van der Waals surface area contributed by atoms with Crippen LogP contribution in [0.15, 0.2) is 21.5 Å². The first-order valence-electron chi connectivity index (χ1n) is 7.39. The third-order valence-electron chi connectivity index (χ3n) is 3.14. The molecule has 0 unspecified atom stereocenters. The van der Waals surface area contributed by atoms with Gasteiger partial charge < -0.3 is 14.2 Å². The van der Waals surface area contributed by atoms with E-state index in [2.05, 4.69) is 15.9 Å². The summed E-state index contributed by atoms with van der Waals surface area (Å²) in [6.07, 6.45) is 0.559. The lowest BCUT2D eigenvalue weighted by atomic mass is 10.3. The Morgan fingerprint density at radius 1 is 1.17 bits per heavy atom. The van der Waals surface area contributed by atoms with Crippen molar-refractivity contribution in [2.75, 3.05) is 33.9 Å². The fourth-order valence-electron chi connectivity index (χ4n) is 2.06. The number of hydrogen-bond acceptors (Lipinski definition) is 6. The molecule has 0 amide bonds. The molecule has 24 heavy (non-hydrogen) atoms. The Bertz CT molecular complexity index is 677. The maximum Gasteiger partial charge on any atom is 0.321 e. The summed E-state index contributed by atoms with van der Waals surface area (Å²) in [5.74, 6) is 0.0914. The van der Waals surface area contributed by atoms with Crippen molar-refractivity contribution in [3.05, 3.63) is 16.6 Å². The van der Waals surface area contributed by atoms with E-state index in [4.69, 9.17) is 14.2 Å². The largest absolute Gasteiger partial charge is 0.493 e. The number of ether oxygens (including phenoxy) is 3. The van der Waals surface area contributed by atoms with Crippen molar-refractivity contribution in [1.82, 2.24) is 4.31 Å². The molecule has 1 aromatic carbocycles. The van der Waals surface area contributed by atoms with Gasteiger partial charge >= 0.3 is 5.97 Å². The van der Waals surface area contributed by atoms with Gasteiger partial charge in [0.15, 0.2) is 11.5 Å². The Morgan fingerprint density at radius 2 is 1.75 bits per heavy atom. The van der Waals surface area contributed by atoms with E-state index in [1.807, 2.05) is 6.92 Å². The quantitative estimate of drug-likeness (QED) is 0.567. The lowest BCUT2D eigenvalue weighted by molar-refractivity contribution is -0.143. The number of carbonyl (C=O) groups is 1. The van der Waals surface area contributed by atoms with E-state index in [0.717, 1.165) is 4.31 Å². The summed E-state index contributed by atoms with van der Waals surface area (Å²) < 4.78 is 42.5. The van der Waals surface area contributed by atoms with Gasteiger partial charge in [-0.2, -0.15) is 4.31 Å². The van der Waals surface area contributed by atoms with Gasteiger partial charge in [-0.1, -0.05) is 6.92 Å². The SMILES string of the molecule is CCCN(CC(=O)OCC)S(=O)(=O)c1cc(OC)c(OC)cc1Br. The van der Waals surface area contributed by atoms with Crippen molar-refractivity contribution in [3.63, 3.8) is 0 Å². The summed E-state index contributed by atoms with van der Waals surface area (Å²) in [5.41, 5.74) is 0. The number of sulfonamides is 1. The van der Waals surface area contributed by atoms with Crippen molar-refractivity contribution in [2.45, 2.75) is 25.2 Å². The van der Waals surface area contributed by atoms with Crippen molar-refractivity contribution >= 4 is 31.9 Å². The summed E-state index contributed by atoms with van der Waals surface area (Å²) in [6.45, 7) is 3.55. The first-order valence-corrected chi connectivity index (χ1v) is 9.62. The molecular weight excluding hydrogens is 402 g/mol. The van der Waals surface area contributed by atoms with Crippen LogP contribution in [0.5, 0.6) is 11.5 Å². The summed E-state index contributed by atoms with van der Waals surface area (Å²) in [7, 11) is -1.03. The van der Waals surface area contributed by atoms with Crippen LogP contribution in [0.4, 0.5) is 0 Å². The van der Waals surface area contributed by atoms with Gasteiger partial charge in [0.05, 0.1) is 20.8 Å². The highest BCUT2D eigenvalue weighted by Gasteiger charge is 2.29. The zero-order chi connectivity index (χ0) is 18.3. The first kappa shape index (κ1) is 20.7. The number of methoxy groups -OCH3 is 2. The van der Waals surface area contributed by atoms with Gasteiger partial charge in [0.25, 0.3) is 0 Å². The molecule has 0 aromatic heterocycles. The summed E-state index contributed by atoms with van der Waals surface area (Å²) >= 11 is 3.25. The number of carbonyl (C=O) groups excluding carboxylic acids is 1. The fourth-order valence-corrected chi connectivity index (χ4v) is 4.53. The van der Waals surface area contributed by atoms with E-state index >= 15 is 0 Å². The van der Waals surface area contributed by atoms with Gasteiger partial charge in [0.2, 0.25) is 10.0 Å². The minimum atomic E-state index is -3.91. The molecule has 0 aliphatic carbocycles. The third kappa shape index (κ3) is 4.84. The average molecular weight is 424 g/mol. The molecule has 9 heteroatoms. The second-order valence-electron chi connectivity index (χ2n) is 4.78. The monoisotopic (exact) mass is 423 g/mol. The van der Waals surface area contributed by atoms with Gasteiger partial charge in [-0.05, 0) is 35.3 Å². The molecule has 0 saturated heterocycles. The number of rotatable bonds is 9. The molecule has 0 spiro atoms. The van der Waals surface area contributed by atoms with Crippen LogP contribution >= 0.6 is 15.9 Å². The van der Waals surface area contributed by atoms with Crippen LogP contribution in [0.3, 0.4) is 0 Å². The predicted octanol–water partition coefficient (Wildman–Crippen LogP) is 2.43. The van der Waals surface area contributed by atoms with Crippen LogP contribution in [0.25, 0.3) is 0 Å². The summed E-state index contributed by atoms with van der Waals surface area (Å²) in [5, 5.41) is 0. The van der Waals surface area contributed by atoms with Gasteiger partial charge in [-0.25, -0.2) is 8.42 Å². The molecule has 136 valence electrons. The average Bonchev–Trinajstić information content (AvgIpc) is 2.54. The number of esters is 1. The Hall–Kier alpha value is -1.32. The van der Waals surface area contributed by atoms with Crippen molar-refractivity contribution < 1.29 is 27.4 Å². The number of hydrogen-bond donors (Lipinski definition) is 0. The highest BCUT2D eigenvalue weighted by molar-refractivity contribution is 9.10. The van der Waals surface area contributed by atoms with E-state index in [0.29, 0.717) is 16.6 Å². The van der Waals surface area contributed by atoms with Gasteiger partial charge in [0.1, 0.15) is 11.4 Å². The molecule has 1 aromatic rings. The molecule has 0 aliphatic rings. The second-order valence-corrected chi connectivity index (χ2v) is 7.54. The van der Waals surface area contributed by atoms with E-state index in [-0.39, 0.29) is 30.3 Å². The minimum absolute atomic E-state index is 0.00195. The molecule has 0 atom stereocenters. The maximum atomic E-state index is 12.9. The molecule has 0 aliphatic heterocycles. The van der Waals surface area contributed by atoms with Crippen molar-refractivity contribution in [2.24, 2.45) is 0 Å². The summed E-state index contributed by atoms with van der Waals surface area (Å²) in [4.78, 5) is 11.7. The molecule has 0 saturated carbocycles. The van der Waals surface area contributed by atoms with Crippen LogP contribution < -0.4 is 9.47 Å². The molecule has 7 nitrogen and oxygen atoms in total. The van der Waals surface area contributed by atoms with E-state index < -0.39 is 16.0 Å². The molecule has 0 fully saturated rings. The lowest BCUT2D eigenvalue weighted by Crippen LogP contribution is -2.37. The van der Waals surface area contributed by atoms with Crippen LogP contribution in [0.2, 0.25) is 0 Å². The van der Waals surface area contributed by atoms with Crippen molar-refractivity contribution in [1.29, 1.82) is 0 Å². The van der Waals surface area contributed by atoms with Gasteiger partial charge in [0, 0.05) is 17.1 Å². The van der Waals surface area contributed by atoms with Crippen LogP contribution in [0, 0.1) is 0 Å². The standard InChI is InChI=1S/C15H22BrNO6S/c1-5-7-17(10-15(18)23-6-2)24(19,20)14-9-13(22-4)12(21-3)8-11(14)16/h8-9H,5-7,10H2,1-4H3. The van der Waals surface area contributed by atoms with E-state index in [9.17, 15) is 13.2 Å². The zero-order valence-corrected chi connectivity index (χ0v) is 16.6. The normalized spacial score (nSPS) is 11.4. The Kier molecular flexibility index (Phi) is 7.98. The Morgan fingerprint density at radius 3 is 2.25 bits per heavy atom. The maximum absolute atomic E-state index is 12.9. The molecule has 0 heterocycles. The molecular formula is C15H22BrNO6S. The smallest absolute Gasteiger partial charge is 0.321 e. The number of nitrogens with zero attached hydrogens (tertiary/aromatic N) is 1. The van der Waals surface area contributed by atoms with Crippen molar-refractivity contribution in [3.8, 4) is 11.5 Å². The second kappa shape index (κ2) is 9.24. The van der Waals surface area contributed by atoms with Gasteiger partial charge in [-0.15, -0.1) is 0 Å². The molecule has 0 N–H and O–H groups in total. The van der Waals surface area contributed by atoms with Crippen LogP contribution in [0.1, 0.15) is 20.3 Å². The molecule has 0 bridgehead atoms. The lowest BCUT2D eigenvalue weighted by Gasteiger charge is -2.22. The number of benzene rings is 1. The van der Waals surface area contributed by atoms with Gasteiger partial charge in [-0.3, -0.25) is 4.79 Å². The molecule has 0 radical (unpaired) electrons. The first-order chi connectivity index (χ1) is 11.3. The molecule has 1 rings (SSSR count). The summed E-state index contributed by atoms with van der Waals surface area (Å²) in [6, 6.07) is 2.88. The minimum Gasteiger partial charge on any atom is -0.493 e.